The molecular weight excluding hydrogens is 407 g/mol. The van der Waals surface area contributed by atoms with Gasteiger partial charge >= 0.3 is 5.97 Å². The van der Waals surface area contributed by atoms with E-state index in [0.29, 0.717) is 15.6 Å². The summed E-state index contributed by atoms with van der Waals surface area (Å²) in [5.41, 5.74) is 5.16. The maximum Gasteiger partial charge on any atom is 0.361 e. The van der Waals surface area contributed by atoms with Crippen LogP contribution in [-0.4, -0.2) is 21.6 Å². The number of carbonyl (C=O) groups excluding carboxylic acids is 1. The predicted octanol–water partition coefficient (Wildman–Crippen LogP) is 3.55. The monoisotopic (exact) mass is 418 g/mol. The van der Waals surface area contributed by atoms with Crippen molar-refractivity contribution in [1.82, 2.24) is 9.78 Å². The zero-order valence-electron chi connectivity index (χ0n) is 12.3. The number of benzene rings is 1. The van der Waals surface area contributed by atoms with Crippen molar-refractivity contribution >= 4 is 50.9 Å². The first-order chi connectivity index (χ1) is 10.7. The summed E-state index contributed by atoms with van der Waals surface area (Å²) in [4.78, 5) is 17.2. The maximum absolute atomic E-state index is 12.2. The fourth-order valence-corrected chi connectivity index (χ4v) is 2.44. The van der Waals surface area contributed by atoms with Gasteiger partial charge in [0.1, 0.15) is 0 Å². The molecule has 0 aliphatic rings. The van der Waals surface area contributed by atoms with Gasteiger partial charge in [-0.15, -0.1) is 0 Å². The Kier molecular flexibility index (Phi) is 5.33. The normalized spacial score (nSPS) is 12.3. The number of rotatable bonds is 4. The topological polar surface area (TPSA) is 82.5 Å². The standard InChI is InChI=1S/C14H13BrCl2N4O2/c1-14(2,21-7-8(15)6-19-21)13(22)23-20-12(18)10-4-3-9(16)5-11(10)17/h3-7H,1-2H3,(H2,18,20). The van der Waals surface area contributed by atoms with Crippen LogP contribution in [0.5, 0.6) is 0 Å². The quantitative estimate of drug-likeness (QED) is 0.355. The second-order valence-corrected chi connectivity index (χ2v) is 6.90. The predicted molar refractivity (Wildman–Crippen MR) is 92.5 cm³/mol. The number of nitrogens with zero attached hydrogens (tertiary/aromatic N) is 3. The average Bonchev–Trinajstić information content (AvgIpc) is 2.91. The highest BCUT2D eigenvalue weighted by atomic mass is 79.9. The molecule has 0 saturated carbocycles. The van der Waals surface area contributed by atoms with Gasteiger partial charge in [-0.3, -0.25) is 4.68 Å². The number of hydrogen-bond donors (Lipinski definition) is 1. The van der Waals surface area contributed by atoms with Gasteiger partial charge in [0.2, 0.25) is 0 Å². The third kappa shape index (κ3) is 4.04. The van der Waals surface area contributed by atoms with Crippen LogP contribution >= 0.6 is 39.1 Å². The SMILES string of the molecule is CC(C)(C(=O)O/N=C(\N)c1ccc(Cl)cc1Cl)n1cc(Br)cn1. The van der Waals surface area contributed by atoms with Gasteiger partial charge in [0.25, 0.3) is 0 Å². The van der Waals surface area contributed by atoms with Crippen molar-refractivity contribution in [3.63, 3.8) is 0 Å². The molecule has 0 radical (unpaired) electrons. The van der Waals surface area contributed by atoms with Gasteiger partial charge in [0.05, 0.1) is 15.7 Å². The number of nitrogens with two attached hydrogens (primary N) is 1. The van der Waals surface area contributed by atoms with E-state index in [1.807, 2.05) is 0 Å². The Labute approximate surface area is 151 Å². The lowest BCUT2D eigenvalue weighted by atomic mass is 10.1. The molecule has 0 fully saturated rings. The molecule has 122 valence electrons. The van der Waals surface area contributed by atoms with E-state index in [4.69, 9.17) is 33.8 Å². The lowest BCUT2D eigenvalue weighted by Gasteiger charge is -2.21. The first-order valence-corrected chi connectivity index (χ1v) is 7.97. The maximum atomic E-state index is 12.2. The Bertz CT molecular complexity index is 774. The number of carbonyl (C=O) groups is 1. The molecule has 0 aliphatic carbocycles. The van der Waals surface area contributed by atoms with Gasteiger partial charge in [-0.1, -0.05) is 28.4 Å². The molecule has 0 unspecified atom stereocenters. The number of halogens is 3. The highest BCUT2D eigenvalue weighted by Crippen LogP contribution is 2.22. The number of amidine groups is 1. The number of aromatic nitrogens is 2. The van der Waals surface area contributed by atoms with E-state index in [2.05, 4.69) is 26.2 Å². The minimum absolute atomic E-state index is 0.0301. The molecule has 9 heteroatoms. The lowest BCUT2D eigenvalue weighted by molar-refractivity contribution is -0.153. The molecule has 0 amide bonds. The first-order valence-electron chi connectivity index (χ1n) is 6.43. The van der Waals surface area contributed by atoms with Crippen molar-refractivity contribution in [1.29, 1.82) is 0 Å². The van der Waals surface area contributed by atoms with E-state index in [9.17, 15) is 4.79 Å². The molecule has 0 atom stereocenters. The highest BCUT2D eigenvalue weighted by Gasteiger charge is 2.33. The number of oxime groups is 1. The molecular formula is C14H13BrCl2N4O2. The second-order valence-electron chi connectivity index (χ2n) is 5.14. The van der Waals surface area contributed by atoms with Crippen LogP contribution in [0.2, 0.25) is 10.0 Å². The summed E-state index contributed by atoms with van der Waals surface area (Å²) in [6, 6.07) is 4.72. The van der Waals surface area contributed by atoms with Gasteiger partial charge in [0.15, 0.2) is 11.4 Å². The molecule has 0 saturated heterocycles. The summed E-state index contributed by atoms with van der Waals surface area (Å²) in [7, 11) is 0. The number of hydrogen-bond acceptors (Lipinski definition) is 4. The van der Waals surface area contributed by atoms with Crippen molar-refractivity contribution in [2.75, 3.05) is 0 Å². The molecule has 2 aromatic rings. The second kappa shape index (κ2) is 6.90. The van der Waals surface area contributed by atoms with Crippen molar-refractivity contribution in [3.05, 3.63) is 50.7 Å². The fourth-order valence-electron chi connectivity index (χ4n) is 1.65. The minimum atomic E-state index is -1.06. The Balaban J connectivity index is 2.16. The summed E-state index contributed by atoms with van der Waals surface area (Å²) >= 11 is 15.1. The summed E-state index contributed by atoms with van der Waals surface area (Å²) < 4.78 is 2.20. The minimum Gasteiger partial charge on any atom is -0.380 e. The van der Waals surface area contributed by atoms with Crippen LogP contribution < -0.4 is 5.73 Å². The molecule has 0 spiro atoms. The van der Waals surface area contributed by atoms with Gasteiger partial charge in [0, 0.05) is 16.8 Å². The van der Waals surface area contributed by atoms with Crippen LogP contribution in [0.3, 0.4) is 0 Å². The summed E-state index contributed by atoms with van der Waals surface area (Å²) in [5.74, 6) is -0.654. The molecule has 2 N–H and O–H groups in total. The van der Waals surface area contributed by atoms with E-state index in [1.54, 1.807) is 38.4 Å². The van der Waals surface area contributed by atoms with Crippen molar-refractivity contribution in [2.45, 2.75) is 19.4 Å². The molecule has 1 aromatic heterocycles. The Morgan fingerprint density at radius 2 is 2.13 bits per heavy atom. The molecule has 1 heterocycles. The van der Waals surface area contributed by atoms with E-state index < -0.39 is 11.5 Å². The van der Waals surface area contributed by atoms with Crippen LogP contribution in [0.25, 0.3) is 0 Å². The van der Waals surface area contributed by atoms with Crippen molar-refractivity contribution < 1.29 is 9.63 Å². The Morgan fingerprint density at radius 3 is 2.70 bits per heavy atom. The van der Waals surface area contributed by atoms with Gasteiger partial charge in [-0.05, 0) is 48.0 Å². The molecule has 0 aliphatic heterocycles. The fraction of sp³-hybridized carbons (Fsp3) is 0.214. The van der Waals surface area contributed by atoms with Crippen molar-refractivity contribution in [2.24, 2.45) is 10.9 Å². The summed E-state index contributed by atoms with van der Waals surface area (Å²) in [6.07, 6.45) is 3.23. The van der Waals surface area contributed by atoms with Crippen LogP contribution in [0, 0.1) is 0 Å². The zero-order valence-corrected chi connectivity index (χ0v) is 15.4. The van der Waals surface area contributed by atoms with Crippen LogP contribution in [0.4, 0.5) is 0 Å². The van der Waals surface area contributed by atoms with Gasteiger partial charge < -0.3 is 10.6 Å². The van der Waals surface area contributed by atoms with Crippen molar-refractivity contribution in [3.8, 4) is 0 Å². The van der Waals surface area contributed by atoms with E-state index >= 15 is 0 Å². The largest absolute Gasteiger partial charge is 0.380 e. The van der Waals surface area contributed by atoms with E-state index in [0.717, 1.165) is 4.47 Å². The first kappa shape index (κ1) is 17.8. The summed E-state index contributed by atoms with van der Waals surface area (Å²) in [6.45, 7) is 3.30. The van der Waals surface area contributed by atoms with Gasteiger partial charge in [-0.25, -0.2) is 4.79 Å². The molecule has 0 bridgehead atoms. The molecule has 2 rings (SSSR count). The highest BCUT2D eigenvalue weighted by molar-refractivity contribution is 9.10. The van der Waals surface area contributed by atoms with E-state index in [-0.39, 0.29) is 5.84 Å². The Morgan fingerprint density at radius 1 is 1.43 bits per heavy atom. The third-order valence-corrected chi connectivity index (χ3v) is 4.01. The molecule has 23 heavy (non-hydrogen) atoms. The van der Waals surface area contributed by atoms with E-state index in [1.165, 1.54) is 10.7 Å². The lowest BCUT2D eigenvalue weighted by Crippen LogP contribution is -2.37. The zero-order chi connectivity index (χ0) is 17.2. The molecule has 6 nitrogen and oxygen atoms in total. The van der Waals surface area contributed by atoms with Crippen LogP contribution in [-0.2, 0) is 15.2 Å². The van der Waals surface area contributed by atoms with Crippen LogP contribution in [0.15, 0.2) is 40.2 Å². The average molecular weight is 420 g/mol. The third-order valence-electron chi connectivity index (χ3n) is 3.06. The molecule has 1 aromatic carbocycles. The Hall–Kier alpha value is -1.57. The van der Waals surface area contributed by atoms with Gasteiger partial charge in [-0.2, -0.15) is 5.10 Å². The smallest absolute Gasteiger partial charge is 0.361 e. The summed E-state index contributed by atoms with van der Waals surface area (Å²) in [5, 5.41) is 8.50. The van der Waals surface area contributed by atoms with Crippen LogP contribution in [0.1, 0.15) is 19.4 Å².